The number of fused-ring (bicyclic) bond motifs is 8. The van der Waals surface area contributed by atoms with Gasteiger partial charge in [-0.05, 0) is 116 Å². The van der Waals surface area contributed by atoms with E-state index in [4.69, 9.17) is 20.3 Å². The largest absolute Gasteiger partial charge is 0.512 e. The zero-order chi connectivity index (χ0) is 73.0. The monoisotopic (exact) mass is 2350 g/mol. The summed E-state index contributed by atoms with van der Waals surface area (Å²) in [5.41, 5.74) is 9.22. The van der Waals surface area contributed by atoms with E-state index in [0.29, 0.717) is 11.3 Å². The summed E-state index contributed by atoms with van der Waals surface area (Å²) in [4.78, 5) is 57.6. The van der Waals surface area contributed by atoms with Crippen molar-refractivity contribution in [2.24, 2.45) is 4.99 Å². The molecule has 0 bridgehead atoms. The molecule has 2 atom stereocenters. The topological polar surface area (TPSA) is 189 Å². The van der Waals surface area contributed by atoms with Crippen molar-refractivity contribution in [1.29, 1.82) is 0 Å². The van der Waals surface area contributed by atoms with Crippen LogP contribution in [0.1, 0.15) is 47.1 Å². The second kappa shape index (κ2) is 51.3. The van der Waals surface area contributed by atoms with E-state index in [9.17, 15) is 14.4 Å². The Bertz CT molecular complexity index is 4880. The van der Waals surface area contributed by atoms with Crippen molar-refractivity contribution in [2.75, 3.05) is 0 Å². The third-order valence-corrected chi connectivity index (χ3v) is 16.3. The number of aliphatic imine (C=N–C) groups is 1. The van der Waals surface area contributed by atoms with Gasteiger partial charge in [-0.1, -0.05) is 120 Å². The van der Waals surface area contributed by atoms with Crippen LogP contribution in [0.2, 0.25) is 0 Å². The van der Waals surface area contributed by atoms with E-state index in [-0.39, 0.29) is 135 Å². The van der Waals surface area contributed by atoms with Gasteiger partial charge in [-0.15, -0.1) is 195 Å². The Kier molecular flexibility index (Phi) is 44.2. The fourth-order valence-electron chi connectivity index (χ4n) is 9.83. The predicted octanol–water partition coefficient (Wildman–Crippen LogP) is 21.2. The first-order valence-corrected chi connectivity index (χ1v) is 34.4. The number of rotatable bonds is 7. The summed E-state index contributed by atoms with van der Waals surface area (Å²) in [7, 11) is 0. The van der Waals surface area contributed by atoms with E-state index in [1.54, 1.807) is 23.7 Å². The maximum atomic E-state index is 10.0. The number of para-hydroxylation sites is 1. The first-order chi connectivity index (χ1) is 50.1. The quantitative estimate of drug-likeness (QED) is 0.0594. The van der Waals surface area contributed by atoms with E-state index in [2.05, 4.69) is 152 Å². The zero-order valence-electron chi connectivity index (χ0n) is 59.3. The molecular formula is C89H74Ir5N6O6S2-6. The molecule has 0 saturated carbocycles. The van der Waals surface area contributed by atoms with Crippen LogP contribution in [-0.2, 0) is 115 Å². The van der Waals surface area contributed by atoms with Gasteiger partial charge in [0.2, 0.25) is 0 Å². The van der Waals surface area contributed by atoms with Crippen molar-refractivity contribution in [3.63, 3.8) is 0 Å². The molecule has 0 saturated heterocycles. The van der Waals surface area contributed by atoms with Crippen molar-refractivity contribution in [1.82, 2.24) is 24.9 Å². The Hall–Kier alpha value is -9.11. The number of ketones is 3. The van der Waals surface area contributed by atoms with Crippen LogP contribution in [0.4, 0.5) is 0 Å². The molecule has 12 nitrogen and oxygen atoms in total. The maximum Gasteiger partial charge on any atom is 0.155 e. The van der Waals surface area contributed by atoms with Crippen LogP contribution >= 0.6 is 23.1 Å². The van der Waals surface area contributed by atoms with Gasteiger partial charge in [0, 0.05) is 154 Å². The van der Waals surface area contributed by atoms with E-state index in [1.165, 1.54) is 86.7 Å². The number of allylic oxidation sites excluding steroid dienone is 8. The number of aromatic nitrogens is 5. The number of carbonyl (C=O) groups is 3. The summed E-state index contributed by atoms with van der Waals surface area (Å²) < 4.78 is 0. The van der Waals surface area contributed by atoms with Gasteiger partial charge in [-0.2, -0.15) is 12.1 Å². The molecule has 0 spiro atoms. The van der Waals surface area contributed by atoms with Crippen LogP contribution in [0.3, 0.4) is 0 Å². The van der Waals surface area contributed by atoms with Gasteiger partial charge in [-0.3, -0.25) is 19.4 Å². The van der Waals surface area contributed by atoms with Gasteiger partial charge >= 0.3 is 0 Å². The fraction of sp³-hybridized carbons (Fsp3) is 0.0899. The molecule has 1 aliphatic carbocycles. The van der Waals surface area contributed by atoms with E-state index in [0.717, 1.165) is 71.0 Å². The number of hydrogen-bond donors (Lipinski definition) is 3. The van der Waals surface area contributed by atoms with Crippen LogP contribution < -0.4 is 0 Å². The number of benzene rings is 8. The molecule has 1 aliphatic heterocycles. The van der Waals surface area contributed by atoms with Gasteiger partial charge in [0.05, 0.1) is 28.8 Å². The molecule has 559 valence electrons. The Balaban J connectivity index is 0.000000318. The Morgan fingerprint density at radius 1 is 0.380 bits per heavy atom. The third-order valence-electron chi connectivity index (χ3n) is 14.2. The zero-order valence-corrected chi connectivity index (χ0v) is 72.9. The number of hydrogen-bond acceptors (Lipinski definition) is 14. The molecule has 2 unspecified atom stereocenters. The number of aliphatic hydroxyl groups is 3. The van der Waals surface area contributed by atoms with Crippen LogP contribution in [0.25, 0.3) is 87.3 Å². The number of nitrogens with zero attached hydrogens (tertiary/aromatic N) is 6. The number of carbonyl (C=O) groups excluding carboxylic acids is 3. The summed E-state index contributed by atoms with van der Waals surface area (Å²) in [6.45, 7) is 8.54. The summed E-state index contributed by atoms with van der Waals surface area (Å²) in [6, 6.07) is 97.6. The van der Waals surface area contributed by atoms with Gasteiger partial charge in [0.25, 0.3) is 0 Å². The molecule has 7 heterocycles. The van der Waals surface area contributed by atoms with Crippen LogP contribution in [0, 0.1) is 36.4 Å². The Morgan fingerprint density at radius 3 is 1.24 bits per heavy atom. The molecular weight excluding hydrogens is 2270 g/mol. The first kappa shape index (κ1) is 93.1. The molecule has 5 radical (unpaired) electrons. The molecule has 2 aliphatic rings. The van der Waals surface area contributed by atoms with Crippen molar-refractivity contribution in [3.05, 3.63) is 369 Å². The average Bonchev–Trinajstić information content (AvgIpc) is 1.01. The fourth-order valence-corrected chi connectivity index (χ4v) is 11.6. The van der Waals surface area contributed by atoms with Crippen molar-refractivity contribution in [3.8, 4) is 33.1 Å². The average molecular weight is 2350 g/mol. The third kappa shape index (κ3) is 32.0. The number of pyridine rings is 5. The summed E-state index contributed by atoms with van der Waals surface area (Å²) in [5, 5.41) is 36.8. The van der Waals surface area contributed by atoms with Gasteiger partial charge in [-0.25, -0.2) is 11.3 Å². The Morgan fingerprint density at radius 2 is 0.796 bits per heavy atom. The van der Waals surface area contributed by atoms with E-state index < -0.39 is 0 Å². The molecule has 8 aromatic carbocycles. The molecule has 0 amide bonds. The molecule has 0 fully saturated rings. The van der Waals surface area contributed by atoms with Crippen LogP contribution in [0.5, 0.6) is 0 Å². The number of thiophene rings is 1. The minimum absolute atomic E-state index is 0. The molecule has 108 heavy (non-hydrogen) atoms. The summed E-state index contributed by atoms with van der Waals surface area (Å²) in [5.74, 6) is -0.187. The summed E-state index contributed by atoms with van der Waals surface area (Å²) >= 11 is 3.49. The van der Waals surface area contributed by atoms with Crippen LogP contribution in [-0.4, -0.2) is 73.9 Å². The standard InChI is InChI=1S/C15H10N.C13H10NS.2C13H8N.C11H8N.C9H6NS.3C5H8O2.5Ir/c1-2-6-12(7-3-1)15-11-10-13-8-4-5-9-14(13)16-15;1-2-6-10(7-3-1)13-14-11-8-4-5-9-12(11)15-13;2*1-2-6-12-10(4-1)7-8-11-5-3-9-14-13(11)12;1-2-6-10(7-3-1)11-8-4-5-9-12-11;1-2-6-10-8(4-1)9-5-3-7-11-9;3*1-4(6)3-5(2)7;;;;;/h1-6,8-11H;1-6,8-9,11-12H;2*1-5,7-9H;1-6,8-9H;1-4,6-7H;3*3,6H,1-2H3;;;;;/q6*-1;;;;;;;;. The van der Waals surface area contributed by atoms with Crippen molar-refractivity contribution in [2.45, 2.75) is 52.8 Å². The predicted molar refractivity (Wildman–Crippen MR) is 424 cm³/mol. The minimum atomic E-state index is -0.125. The van der Waals surface area contributed by atoms with Crippen molar-refractivity contribution < 1.29 is 130 Å². The second-order valence-corrected chi connectivity index (χ2v) is 24.6. The maximum absolute atomic E-state index is 10.0. The second-order valence-electron chi connectivity index (χ2n) is 22.6. The smallest absolute Gasteiger partial charge is 0.155 e. The van der Waals surface area contributed by atoms with E-state index >= 15 is 0 Å². The van der Waals surface area contributed by atoms with E-state index in [1.807, 2.05) is 199 Å². The summed E-state index contributed by atoms with van der Waals surface area (Å²) in [6.07, 6.45) is 19.3. The molecule has 6 aromatic heterocycles. The molecule has 19 heteroatoms. The number of aliphatic hydroxyl groups excluding tert-OH is 3. The molecule has 3 N–H and O–H groups in total. The Labute approximate surface area is 707 Å². The number of thioether (sulfide) groups is 1. The molecule has 16 rings (SSSR count). The van der Waals surface area contributed by atoms with Gasteiger partial charge in [0.15, 0.2) is 17.3 Å². The SMILES string of the molecule is CC(=O)C=C(C)O.CC(=O)C=C(C)O.CC(=O)C=C(C)O.[Ir].[Ir].[Ir].[Ir].[Ir].[c-]1cccc2ccc3cccnc3c12.[c-]1cccc2ccc3cccnc3c12.[c-]1ccccc1-c1ccc2ccccc2n1.[c-]1ccccc1-c1ccccn1.[c-]1ccccc1C1=NC2C=CC=CC2S1.[c-]1ccsc1-c1ccccn1. The van der Waals surface area contributed by atoms with Crippen molar-refractivity contribution >= 4 is 99.7 Å². The first-order valence-electron chi connectivity index (χ1n) is 32.6. The van der Waals surface area contributed by atoms with Gasteiger partial charge in [0.1, 0.15) is 0 Å². The minimum Gasteiger partial charge on any atom is -0.512 e. The van der Waals surface area contributed by atoms with Gasteiger partial charge < -0.3 is 40.2 Å². The molecule has 14 aromatic rings. The normalized spacial score (nSPS) is 12.5. The van der Waals surface area contributed by atoms with Crippen LogP contribution in [0.15, 0.2) is 332 Å².